The van der Waals surface area contributed by atoms with Gasteiger partial charge < -0.3 is 0 Å². The van der Waals surface area contributed by atoms with E-state index in [4.69, 9.17) is 16.8 Å². The number of hydrogen-bond acceptors (Lipinski definition) is 2. The van der Waals surface area contributed by atoms with E-state index in [9.17, 15) is 0 Å². The third-order valence-electron chi connectivity index (χ3n) is 5.05. The van der Waals surface area contributed by atoms with Crippen LogP contribution in [-0.4, -0.2) is 44.9 Å². The van der Waals surface area contributed by atoms with Crippen molar-refractivity contribution in [2.45, 2.75) is 27.7 Å². The highest BCUT2D eigenvalue weighted by Gasteiger charge is 2.37. The topological polar surface area (TPSA) is 23.8 Å². The summed E-state index contributed by atoms with van der Waals surface area (Å²) >= 11 is 6.58. The van der Waals surface area contributed by atoms with Gasteiger partial charge >= 0.3 is 0 Å². The van der Waals surface area contributed by atoms with Gasteiger partial charge in [0.1, 0.15) is 23.1 Å². The number of pyridine rings is 1. The smallest absolute Gasteiger partial charge is 0.138 e. The van der Waals surface area contributed by atoms with Gasteiger partial charge in [-0.1, -0.05) is 75.9 Å². The van der Waals surface area contributed by atoms with E-state index in [1.807, 2.05) is 12.1 Å². The molecule has 27 heavy (non-hydrogen) atoms. The quantitative estimate of drug-likeness (QED) is 0.515. The molecule has 3 aromatic rings. The molecule has 0 aliphatic heterocycles. The molecule has 2 aromatic heterocycles. The lowest BCUT2D eigenvalue weighted by Crippen LogP contribution is -2.39. The Kier molecular flexibility index (Phi) is 6.48. The maximum Gasteiger partial charge on any atom is 0.138 e. The fraction of sp³-hybridized carbons (Fsp3) is 0.381. The summed E-state index contributed by atoms with van der Waals surface area (Å²) in [7, 11) is 0. The average Bonchev–Trinajstić information content (AvgIpc) is 3.10. The third-order valence-corrected chi connectivity index (χ3v) is 10.6. The van der Waals surface area contributed by atoms with E-state index >= 15 is 0 Å². The average molecular weight is 401 g/mol. The Bertz CT molecular complexity index is 914. The van der Waals surface area contributed by atoms with Gasteiger partial charge in [-0.25, -0.2) is 4.98 Å². The Morgan fingerprint density at radius 3 is 1.96 bits per heavy atom. The summed E-state index contributed by atoms with van der Waals surface area (Å²) in [5, 5.41) is 0. The molecule has 0 spiro atoms. The summed E-state index contributed by atoms with van der Waals surface area (Å²) in [6.45, 7) is 12.5. The highest BCUT2D eigenvalue weighted by molar-refractivity contribution is 8.15. The van der Waals surface area contributed by atoms with Crippen LogP contribution in [0.4, 0.5) is 0 Å². The molecule has 0 fully saturated rings. The van der Waals surface area contributed by atoms with Crippen molar-refractivity contribution in [2.24, 2.45) is 0 Å². The summed E-state index contributed by atoms with van der Waals surface area (Å²) in [6, 6.07) is 16.6. The molecule has 4 nitrogen and oxygen atoms in total. The van der Waals surface area contributed by atoms with E-state index in [0.29, 0.717) is 0 Å². The predicted octanol–water partition coefficient (Wildman–Crippen LogP) is 4.62. The number of benzene rings is 1. The molecule has 0 saturated carbocycles. The molecule has 1 aromatic carbocycles. The zero-order valence-corrected chi connectivity index (χ0v) is 18.4. The van der Waals surface area contributed by atoms with Crippen LogP contribution in [0.1, 0.15) is 27.7 Å². The van der Waals surface area contributed by atoms with Gasteiger partial charge in [-0.2, -0.15) is 0 Å². The van der Waals surface area contributed by atoms with Crippen LogP contribution in [-0.2, 0) is 11.8 Å². The minimum Gasteiger partial charge on any atom is -0.296 e. The van der Waals surface area contributed by atoms with Crippen LogP contribution in [0.5, 0.6) is 0 Å². The van der Waals surface area contributed by atoms with Crippen molar-refractivity contribution in [3.63, 3.8) is 0 Å². The summed E-state index contributed by atoms with van der Waals surface area (Å²) in [5.41, 5.74) is 4.28. The van der Waals surface area contributed by atoms with Crippen molar-refractivity contribution < 1.29 is 0 Å². The predicted molar refractivity (Wildman–Crippen MR) is 120 cm³/mol. The first-order chi connectivity index (χ1) is 13.1. The van der Waals surface area contributed by atoms with Crippen molar-refractivity contribution in [1.82, 2.24) is 18.7 Å². The van der Waals surface area contributed by atoms with E-state index in [1.54, 1.807) is 0 Å². The summed E-state index contributed by atoms with van der Waals surface area (Å²) < 4.78 is 7.16. The van der Waals surface area contributed by atoms with E-state index in [0.717, 1.165) is 43.1 Å². The fourth-order valence-electron chi connectivity index (χ4n) is 3.71. The zero-order valence-electron chi connectivity index (χ0n) is 16.7. The highest BCUT2D eigenvalue weighted by atomic mass is 32.4. The number of aromatic nitrogens is 2. The molecule has 0 aliphatic carbocycles. The minimum atomic E-state index is -2.19. The second-order valence-corrected chi connectivity index (χ2v) is 10.6. The first kappa shape index (κ1) is 20.2. The molecular formula is C21H29N4PS. The molecule has 3 rings (SSSR count). The summed E-state index contributed by atoms with van der Waals surface area (Å²) in [4.78, 5) is 5.02. The molecule has 0 saturated heterocycles. The maximum atomic E-state index is 6.58. The van der Waals surface area contributed by atoms with Gasteiger partial charge in [0.25, 0.3) is 0 Å². The van der Waals surface area contributed by atoms with Gasteiger partial charge in [0.05, 0.1) is 0 Å². The summed E-state index contributed by atoms with van der Waals surface area (Å²) in [5.74, 6) is 0. The molecule has 0 unspecified atom stereocenters. The Morgan fingerprint density at radius 1 is 0.852 bits per heavy atom. The number of hydrogen-bond donors (Lipinski definition) is 0. The van der Waals surface area contributed by atoms with E-state index < -0.39 is 6.34 Å². The molecule has 0 aliphatic rings. The van der Waals surface area contributed by atoms with Crippen molar-refractivity contribution >= 4 is 29.2 Å². The maximum absolute atomic E-state index is 6.58. The van der Waals surface area contributed by atoms with Crippen LogP contribution >= 0.6 is 6.34 Å². The van der Waals surface area contributed by atoms with Crippen molar-refractivity contribution in [2.75, 3.05) is 26.2 Å². The Morgan fingerprint density at radius 2 is 1.41 bits per heavy atom. The van der Waals surface area contributed by atoms with Gasteiger partial charge in [-0.3, -0.25) is 13.7 Å². The molecule has 144 valence electrons. The van der Waals surface area contributed by atoms with Gasteiger partial charge in [-0.15, -0.1) is 0 Å². The van der Waals surface area contributed by atoms with E-state index in [-0.39, 0.29) is 0 Å². The Balaban J connectivity index is 2.39. The Hall–Kier alpha value is -1.52. The number of rotatable bonds is 8. The first-order valence-electron chi connectivity index (χ1n) is 9.75. The molecule has 6 heteroatoms. The molecule has 0 radical (unpaired) electrons. The van der Waals surface area contributed by atoms with Crippen LogP contribution in [0.2, 0.25) is 0 Å². The minimum absolute atomic E-state index is 0.929. The van der Waals surface area contributed by atoms with Crippen LogP contribution < -0.4 is 5.44 Å². The lowest BCUT2D eigenvalue weighted by molar-refractivity contribution is 0.427. The SMILES string of the molecule is CCN(CC)P(=S)(c1c(-c2ccccc2)nc2ccccn12)N(CC)CC. The highest BCUT2D eigenvalue weighted by Crippen LogP contribution is 2.53. The number of fused-ring (bicyclic) bond motifs is 1. The molecule has 0 bridgehead atoms. The van der Waals surface area contributed by atoms with Crippen LogP contribution in [0, 0.1) is 0 Å². The van der Waals surface area contributed by atoms with E-state index in [2.05, 4.69) is 84.0 Å². The van der Waals surface area contributed by atoms with Gasteiger partial charge in [0.2, 0.25) is 0 Å². The molecule has 0 N–H and O–H groups in total. The van der Waals surface area contributed by atoms with Crippen LogP contribution in [0.25, 0.3) is 16.9 Å². The number of imidazole rings is 1. The lowest BCUT2D eigenvalue weighted by Gasteiger charge is -2.41. The zero-order chi connectivity index (χ0) is 19.4. The normalized spacial score (nSPS) is 12.4. The van der Waals surface area contributed by atoms with Gasteiger partial charge in [0.15, 0.2) is 0 Å². The standard InChI is InChI=1S/C21H29N4PS/c1-5-23(6-2)26(27,24(7-3)8-4)21-20(18-14-10-9-11-15-18)22-19-16-12-13-17-25(19)21/h9-17H,5-8H2,1-4H3. The van der Waals surface area contributed by atoms with Crippen LogP contribution in [0.15, 0.2) is 54.7 Å². The van der Waals surface area contributed by atoms with Crippen molar-refractivity contribution in [3.05, 3.63) is 54.7 Å². The molecule has 0 amide bonds. The van der Waals surface area contributed by atoms with Gasteiger partial charge in [0, 0.05) is 37.9 Å². The molecule has 0 atom stereocenters. The summed E-state index contributed by atoms with van der Waals surface area (Å²) in [6.07, 6.45) is -0.0831. The van der Waals surface area contributed by atoms with Crippen molar-refractivity contribution in [1.29, 1.82) is 0 Å². The fourth-order valence-corrected chi connectivity index (χ4v) is 8.95. The lowest BCUT2D eigenvalue weighted by atomic mass is 10.2. The van der Waals surface area contributed by atoms with Crippen LogP contribution in [0.3, 0.4) is 0 Å². The second kappa shape index (κ2) is 8.66. The van der Waals surface area contributed by atoms with E-state index in [1.165, 1.54) is 5.44 Å². The Labute approximate surface area is 167 Å². The van der Waals surface area contributed by atoms with Gasteiger partial charge in [-0.05, 0) is 12.1 Å². The first-order valence-corrected chi connectivity index (χ1v) is 12.5. The van der Waals surface area contributed by atoms with Crippen molar-refractivity contribution in [3.8, 4) is 11.3 Å². The second-order valence-electron chi connectivity index (χ2n) is 6.40. The molecular weight excluding hydrogens is 371 g/mol. The molecule has 2 heterocycles. The monoisotopic (exact) mass is 400 g/mol. The number of nitrogens with zero attached hydrogens (tertiary/aromatic N) is 4. The third kappa shape index (κ3) is 3.50. The largest absolute Gasteiger partial charge is 0.296 e.